The van der Waals surface area contributed by atoms with E-state index in [0.29, 0.717) is 0 Å². The Balaban J connectivity index is 1.21. The summed E-state index contributed by atoms with van der Waals surface area (Å²) in [5, 5.41) is 5.54. The van der Waals surface area contributed by atoms with Crippen LogP contribution in [0.4, 0.5) is 11.4 Å². The molecule has 71 heavy (non-hydrogen) atoms. The molecule has 0 saturated heterocycles. The van der Waals surface area contributed by atoms with Gasteiger partial charge in [0.05, 0.1) is 5.41 Å². The summed E-state index contributed by atoms with van der Waals surface area (Å²) < 4.78 is 2.73. The number of unbranched alkanes of at least 4 members (excludes halogenated alkanes) is 21. The predicted molar refractivity (Wildman–Crippen MR) is 318 cm³/mol. The van der Waals surface area contributed by atoms with Crippen LogP contribution in [0.1, 0.15) is 233 Å². The standard InChI is InChI=1S/C68H97N2S/c1-8-11-14-17-20-23-26-33-51-69-60-47-43-54-37-29-31-41-58(54)64(60)67(4,5)62(69)49-45-56-39-36-40-57(66(56)71-53-35-28-25-22-19-16-13-10-3)46-50-63-68(6,7)65-59-42-32-30-38-55(59)44-48-61(65)70(63)52-34-27-24-21-18-15-12-9-2/h29-32,37-38,41-50H,8-28,33-36,39-40,51-53H2,1-7H3/q+1. The second-order valence-electron chi connectivity index (χ2n) is 22.9. The highest BCUT2D eigenvalue weighted by Gasteiger charge is 2.45. The molecule has 0 N–H and O–H groups in total. The second kappa shape index (κ2) is 28.0. The van der Waals surface area contributed by atoms with Crippen molar-refractivity contribution in [2.24, 2.45) is 0 Å². The van der Waals surface area contributed by atoms with Gasteiger partial charge in [0.2, 0.25) is 5.69 Å². The number of allylic oxidation sites excluding steroid dienone is 7. The summed E-state index contributed by atoms with van der Waals surface area (Å²) in [6, 6.07) is 27.8. The van der Waals surface area contributed by atoms with Crippen molar-refractivity contribution in [2.45, 2.75) is 233 Å². The van der Waals surface area contributed by atoms with Crippen LogP contribution in [-0.4, -0.2) is 29.1 Å². The van der Waals surface area contributed by atoms with Gasteiger partial charge in [-0.15, -0.1) is 11.8 Å². The van der Waals surface area contributed by atoms with Crippen LogP contribution >= 0.6 is 11.8 Å². The molecule has 0 bridgehead atoms. The van der Waals surface area contributed by atoms with Crippen LogP contribution in [0.3, 0.4) is 0 Å². The number of benzene rings is 4. The Hall–Kier alpha value is -3.82. The fourth-order valence-electron chi connectivity index (χ4n) is 12.5. The first-order valence-corrected chi connectivity index (χ1v) is 30.6. The molecular weight excluding hydrogens is 877 g/mol. The van der Waals surface area contributed by atoms with E-state index in [9.17, 15) is 0 Å². The molecule has 384 valence electrons. The van der Waals surface area contributed by atoms with Crippen LogP contribution in [0.15, 0.2) is 119 Å². The van der Waals surface area contributed by atoms with Crippen molar-refractivity contribution in [2.75, 3.05) is 23.7 Å². The quantitative estimate of drug-likeness (QED) is 0.0366. The highest BCUT2D eigenvalue weighted by molar-refractivity contribution is 8.03. The molecular formula is C68H97N2S+. The molecule has 0 fully saturated rings. The van der Waals surface area contributed by atoms with E-state index < -0.39 is 0 Å². The third-order valence-electron chi connectivity index (χ3n) is 16.6. The van der Waals surface area contributed by atoms with Crippen molar-refractivity contribution >= 4 is 50.4 Å². The van der Waals surface area contributed by atoms with Gasteiger partial charge in [0.15, 0.2) is 5.71 Å². The zero-order valence-corrected chi connectivity index (χ0v) is 47.1. The Morgan fingerprint density at radius 2 is 1.06 bits per heavy atom. The molecule has 0 atom stereocenters. The van der Waals surface area contributed by atoms with Crippen molar-refractivity contribution in [3.05, 3.63) is 130 Å². The largest absolute Gasteiger partial charge is 0.344 e. The molecule has 0 spiro atoms. The van der Waals surface area contributed by atoms with Gasteiger partial charge in [-0.2, -0.15) is 4.58 Å². The van der Waals surface area contributed by atoms with Crippen LogP contribution in [0.2, 0.25) is 0 Å². The van der Waals surface area contributed by atoms with E-state index in [1.165, 1.54) is 222 Å². The van der Waals surface area contributed by atoms with Crippen LogP contribution in [0, 0.1) is 0 Å². The van der Waals surface area contributed by atoms with Gasteiger partial charge in [-0.1, -0.05) is 230 Å². The van der Waals surface area contributed by atoms with Crippen LogP contribution in [0.5, 0.6) is 0 Å². The molecule has 2 aliphatic heterocycles. The number of thioether (sulfide) groups is 1. The van der Waals surface area contributed by atoms with Crippen molar-refractivity contribution in [3.8, 4) is 0 Å². The Morgan fingerprint density at radius 3 is 1.68 bits per heavy atom. The lowest BCUT2D eigenvalue weighted by atomic mass is 9.78. The first-order valence-electron chi connectivity index (χ1n) is 29.6. The minimum absolute atomic E-state index is 0.0959. The third-order valence-corrected chi connectivity index (χ3v) is 17.9. The molecule has 0 unspecified atom stereocenters. The summed E-state index contributed by atoms with van der Waals surface area (Å²) in [7, 11) is 0. The average Bonchev–Trinajstić information content (AvgIpc) is 3.74. The zero-order valence-electron chi connectivity index (χ0n) is 46.3. The Bertz CT molecular complexity index is 2470. The van der Waals surface area contributed by atoms with Crippen LogP contribution in [-0.2, 0) is 10.8 Å². The average molecular weight is 975 g/mol. The van der Waals surface area contributed by atoms with Gasteiger partial charge in [-0.3, -0.25) is 0 Å². The van der Waals surface area contributed by atoms with E-state index >= 15 is 0 Å². The van der Waals surface area contributed by atoms with Gasteiger partial charge in [0.25, 0.3) is 0 Å². The predicted octanol–water partition coefficient (Wildman–Crippen LogP) is 21.1. The second-order valence-corrected chi connectivity index (χ2v) is 24.0. The van der Waals surface area contributed by atoms with Crippen molar-refractivity contribution in [1.29, 1.82) is 0 Å². The lowest BCUT2D eigenvalue weighted by molar-refractivity contribution is -0.438. The summed E-state index contributed by atoms with van der Waals surface area (Å²) >= 11 is 2.18. The summed E-state index contributed by atoms with van der Waals surface area (Å²) in [4.78, 5) is 4.30. The Labute approximate surface area is 439 Å². The fourth-order valence-corrected chi connectivity index (χ4v) is 13.8. The third kappa shape index (κ3) is 14.1. The number of anilines is 1. The minimum atomic E-state index is -0.0959. The maximum Gasteiger partial charge on any atom is 0.210 e. The lowest BCUT2D eigenvalue weighted by Gasteiger charge is -2.28. The van der Waals surface area contributed by atoms with E-state index in [1.807, 2.05) is 0 Å². The fraction of sp³-hybridized carbons (Fsp3) is 0.574. The van der Waals surface area contributed by atoms with Crippen LogP contribution in [0.25, 0.3) is 21.5 Å². The molecule has 4 aromatic carbocycles. The molecule has 0 aromatic heterocycles. The molecule has 4 aromatic rings. The highest BCUT2D eigenvalue weighted by Crippen LogP contribution is 2.51. The maximum absolute atomic E-state index is 2.73. The molecule has 0 saturated carbocycles. The molecule has 3 heteroatoms. The van der Waals surface area contributed by atoms with E-state index in [2.05, 4.69) is 167 Å². The molecule has 2 nitrogen and oxygen atoms in total. The summed E-state index contributed by atoms with van der Waals surface area (Å²) in [5.74, 6) is 1.20. The topological polar surface area (TPSA) is 6.25 Å². The van der Waals surface area contributed by atoms with E-state index in [1.54, 1.807) is 16.1 Å². The number of rotatable bonds is 31. The summed E-state index contributed by atoms with van der Waals surface area (Å²) in [6.07, 6.45) is 46.3. The highest BCUT2D eigenvalue weighted by atomic mass is 32.2. The zero-order chi connectivity index (χ0) is 49.9. The molecule has 1 aliphatic carbocycles. The van der Waals surface area contributed by atoms with Gasteiger partial charge in [0.1, 0.15) is 6.54 Å². The van der Waals surface area contributed by atoms with E-state index in [0.717, 1.165) is 25.9 Å². The van der Waals surface area contributed by atoms with Gasteiger partial charge in [0, 0.05) is 52.4 Å². The Kier molecular flexibility index (Phi) is 21.7. The molecule has 0 amide bonds. The van der Waals surface area contributed by atoms with Crippen molar-refractivity contribution < 1.29 is 4.58 Å². The van der Waals surface area contributed by atoms with Gasteiger partial charge < -0.3 is 4.90 Å². The van der Waals surface area contributed by atoms with Crippen molar-refractivity contribution in [3.63, 3.8) is 0 Å². The SMILES string of the molecule is CCCCCCCCCCSC1=C(/C=C/C2=[N+](CCCCCCCCCC)c3ccc4ccccc4c3C2(C)C)CCC/C1=C\C=C1\N(CCCCCCCCCC)c2ccc3ccccc3c2C1(C)C. The van der Waals surface area contributed by atoms with Gasteiger partial charge >= 0.3 is 0 Å². The first kappa shape index (κ1) is 54.9. The number of fused-ring (bicyclic) bond motifs is 6. The maximum atomic E-state index is 2.73. The number of nitrogens with zero attached hydrogens (tertiary/aromatic N) is 2. The molecule has 0 radical (unpaired) electrons. The van der Waals surface area contributed by atoms with E-state index in [4.69, 9.17) is 0 Å². The van der Waals surface area contributed by atoms with E-state index in [-0.39, 0.29) is 10.8 Å². The van der Waals surface area contributed by atoms with Crippen LogP contribution < -0.4 is 4.90 Å². The molecule has 7 rings (SSSR count). The first-order chi connectivity index (χ1) is 34.7. The Morgan fingerprint density at radius 1 is 0.521 bits per heavy atom. The van der Waals surface area contributed by atoms with Gasteiger partial charge in [-0.05, 0) is 115 Å². The monoisotopic (exact) mass is 974 g/mol. The normalized spacial score (nSPS) is 17.6. The lowest BCUT2D eigenvalue weighted by Crippen LogP contribution is -2.28. The smallest absolute Gasteiger partial charge is 0.210 e. The molecule has 2 heterocycles. The van der Waals surface area contributed by atoms with Gasteiger partial charge in [-0.25, -0.2) is 0 Å². The van der Waals surface area contributed by atoms with Crippen molar-refractivity contribution in [1.82, 2.24) is 0 Å². The molecule has 3 aliphatic rings. The number of hydrogen-bond donors (Lipinski definition) is 0. The summed E-state index contributed by atoms with van der Waals surface area (Å²) in [6.45, 7) is 19.1. The summed E-state index contributed by atoms with van der Waals surface area (Å²) in [5.41, 5.74) is 11.7. The number of hydrogen-bond acceptors (Lipinski definition) is 2. The minimum Gasteiger partial charge on any atom is -0.344 e.